The van der Waals surface area contributed by atoms with E-state index in [1.807, 2.05) is 0 Å². The smallest absolute Gasteiger partial charge is 2.00 e. The van der Waals surface area contributed by atoms with Crippen LogP contribution in [-0.4, -0.2) is 0 Å². The van der Waals surface area contributed by atoms with Gasteiger partial charge in [-0.1, -0.05) is 0 Å². The SMILES string of the molecule is [Cr+3].[O-2].[O-2].[O-2].[Tb+3]. The second-order valence-electron chi connectivity index (χ2n) is 0. The molecule has 5 heteroatoms. The zero-order valence-electron chi connectivity index (χ0n) is 1.97. The molecule has 0 aliphatic rings. The molecule has 0 fully saturated rings. The fourth-order valence-corrected chi connectivity index (χ4v) is 0. The molecule has 0 aliphatic heterocycles. The largest absolute Gasteiger partial charge is 3.00 e. The molecule has 1 radical (unpaired) electrons. The summed E-state index contributed by atoms with van der Waals surface area (Å²) < 4.78 is 0. The van der Waals surface area contributed by atoms with Crippen molar-refractivity contribution in [1.82, 2.24) is 0 Å². The molecule has 3 nitrogen and oxygen atoms in total. The Morgan fingerprint density at radius 1 is 0.600 bits per heavy atom. The van der Waals surface area contributed by atoms with E-state index >= 15 is 0 Å². The van der Waals surface area contributed by atoms with Crippen molar-refractivity contribution in [2.24, 2.45) is 0 Å². The van der Waals surface area contributed by atoms with Crippen molar-refractivity contribution in [1.29, 1.82) is 0 Å². The third-order valence-corrected chi connectivity index (χ3v) is 0. The summed E-state index contributed by atoms with van der Waals surface area (Å²) in [6.45, 7) is 0. The Bertz CT molecular complexity index is 6.85. The molecule has 0 saturated carbocycles. The van der Waals surface area contributed by atoms with E-state index in [0.29, 0.717) is 0 Å². The summed E-state index contributed by atoms with van der Waals surface area (Å²) >= 11 is 0. The van der Waals surface area contributed by atoms with Crippen molar-refractivity contribution in [2.45, 2.75) is 0 Å². The van der Waals surface area contributed by atoms with Gasteiger partial charge in [-0.05, 0) is 0 Å². The third-order valence-electron chi connectivity index (χ3n) is 0. The second kappa shape index (κ2) is 43.6. The van der Waals surface area contributed by atoms with E-state index in [1.54, 1.807) is 0 Å². The maximum Gasteiger partial charge on any atom is 3.00 e. The molecule has 0 heterocycles. The molecule has 0 amide bonds. The van der Waals surface area contributed by atoms with Crippen molar-refractivity contribution < 1.29 is 72.4 Å². The molecule has 5 heavy (non-hydrogen) atoms. The van der Waals surface area contributed by atoms with Gasteiger partial charge in [-0.25, -0.2) is 0 Å². The Hall–Kier alpha value is 1.70. The first kappa shape index (κ1) is 75.4. The molecule has 0 spiro atoms. The zero-order valence-corrected chi connectivity index (χ0v) is 5.38. The van der Waals surface area contributed by atoms with Gasteiger partial charge < -0.3 is 16.4 Å². The minimum absolute atomic E-state index is 0. The second-order valence-corrected chi connectivity index (χ2v) is 0. The Morgan fingerprint density at radius 3 is 0.600 bits per heavy atom. The van der Waals surface area contributed by atoms with Gasteiger partial charge in [-0.3, -0.25) is 0 Å². The van der Waals surface area contributed by atoms with E-state index in [2.05, 4.69) is 0 Å². The third kappa shape index (κ3) is 27.0. The van der Waals surface area contributed by atoms with E-state index < -0.39 is 0 Å². The molecule has 0 atom stereocenters. The van der Waals surface area contributed by atoms with Gasteiger partial charge in [-0.2, -0.15) is 0 Å². The van der Waals surface area contributed by atoms with Crippen molar-refractivity contribution in [3.8, 4) is 0 Å². The van der Waals surface area contributed by atoms with Crippen molar-refractivity contribution >= 4 is 0 Å². The van der Waals surface area contributed by atoms with Gasteiger partial charge in [-0.15, -0.1) is 0 Å². The maximum absolute atomic E-state index is 0. The first-order valence-electron chi connectivity index (χ1n) is 0. The van der Waals surface area contributed by atoms with Crippen molar-refractivity contribution in [2.75, 3.05) is 0 Å². The first-order valence-corrected chi connectivity index (χ1v) is 0. The van der Waals surface area contributed by atoms with Gasteiger partial charge >= 0.3 is 56.0 Å². The van der Waals surface area contributed by atoms with E-state index in [1.165, 1.54) is 0 Å². The molecule has 0 unspecified atom stereocenters. The van der Waals surface area contributed by atoms with Crippen LogP contribution in [0.25, 0.3) is 0 Å². The van der Waals surface area contributed by atoms with Crippen LogP contribution in [0.1, 0.15) is 0 Å². The molecule has 33 valence electrons. The zero-order chi connectivity index (χ0) is 0. The van der Waals surface area contributed by atoms with Crippen LogP contribution in [0.2, 0.25) is 0 Å². The van der Waals surface area contributed by atoms with Crippen LogP contribution in [0.3, 0.4) is 0 Å². The number of hydrogen-bond donors (Lipinski definition) is 0. The van der Waals surface area contributed by atoms with Crippen LogP contribution in [0.15, 0.2) is 0 Å². The average molecular weight is 259 g/mol. The molecule has 0 rings (SSSR count). The van der Waals surface area contributed by atoms with Gasteiger partial charge in [0.05, 0.1) is 0 Å². The molecule has 0 saturated heterocycles. The number of hydrogen-bond acceptors (Lipinski definition) is 0. The monoisotopic (exact) mass is 259 g/mol. The molecular formula is CrO3Tb. The van der Waals surface area contributed by atoms with Gasteiger partial charge in [0.2, 0.25) is 0 Å². The molecule has 0 aliphatic carbocycles. The van der Waals surface area contributed by atoms with E-state index in [4.69, 9.17) is 0 Å². The summed E-state index contributed by atoms with van der Waals surface area (Å²) in [6.07, 6.45) is 0. The summed E-state index contributed by atoms with van der Waals surface area (Å²) in [5.74, 6) is 0. The Morgan fingerprint density at radius 2 is 0.600 bits per heavy atom. The van der Waals surface area contributed by atoms with Crippen LogP contribution in [0.4, 0.5) is 0 Å². The normalized spacial score (nSPS) is 0. The predicted octanol–water partition coefficient (Wildman–Crippen LogP) is -0.359. The summed E-state index contributed by atoms with van der Waals surface area (Å²) in [5, 5.41) is 0. The minimum atomic E-state index is 0. The summed E-state index contributed by atoms with van der Waals surface area (Å²) in [4.78, 5) is 0. The summed E-state index contributed by atoms with van der Waals surface area (Å²) in [7, 11) is 0. The van der Waals surface area contributed by atoms with Crippen molar-refractivity contribution in [3.63, 3.8) is 0 Å². The fourth-order valence-electron chi connectivity index (χ4n) is 0. The van der Waals surface area contributed by atoms with E-state index in [9.17, 15) is 0 Å². The Kier molecular flexibility index (Phi) is 658. The van der Waals surface area contributed by atoms with Gasteiger partial charge in [0, 0.05) is 0 Å². The molecular weight excluding hydrogens is 259 g/mol. The number of rotatable bonds is 0. The van der Waals surface area contributed by atoms with E-state index in [0.717, 1.165) is 0 Å². The summed E-state index contributed by atoms with van der Waals surface area (Å²) in [5.41, 5.74) is 0. The van der Waals surface area contributed by atoms with Crippen LogP contribution in [0.5, 0.6) is 0 Å². The van der Waals surface area contributed by atoms with Gasteiger partial charge in [0.1, 0.15) is 0 Å². The fraction of sp³-hybridized carbons (Fsp3) is 0. The predicted molar refractivity (Wildman–Crippen MR) is 2.06 cm³/mol. The standard InChI is InChI=1S/Cr.3O.Tb/q+3;3*-2;+3. The Balaban J connectivity index is 0. The van der Waals surface area contributed by atoms with Gasteiger partial charge in [0.15, 0.2) is 0 Å². The van der Waals surface area contributed by atoms with Crippen LogP contribution in [-0.2, 0) is 33.8 Å². The topological polar surface area (TPSA) is 85.5 Å². The quantitative estimate of drug-likeness (QED) is 0.569. The molecule has 0 N–H and O–H groups in total. The molecule has 0 aromatic carbocycles. The first-order chi connectivity index (χ1) is 0. The minimum Gasteiger partial charge on any atom is -2.00 e. The van der Waals surface area contributed by atoms with E-state index in [-0.39, 0.29) is 72.4 Å². The van der Waals surface area contributed by atoms with Crippen molar-refractivity contribution in [3.05, 3.63) is 0 Å². The molecule has 0 aromatic heterocycles. The summed E-state index contributed by atoms with van der Waals surface area (Å²) in [6, 6.07) is 0. The Labute approximate surface area is 71.6 Å². The maximum atomic E-state index is 0. The van der Waals surface area contributed by atoms with Crippen LogP contribution < -0.4 is 0 Å². The average Bonchev–Trinajstić information content (AvgIpc) is 0. The van der Waals surface area contributed by atoms with Gasteiger partial charge in [0.25, 0.3) is 0 Å². The van der Waals surface area contributed by atoms with Crippen LogP contribution in [0, 0.1) is 38.6 Å². The molecule has 0 aromatic rings. The molecule has 0 bridgehead atoms. The van der Waals surface area contributed by atoms with Crippen LogP contribution >= 0.6 is 0 Å².